The molecule has 140 valence electrons. The molecule has 1 N–H and O–H groups in total. The minimum atomic E-state index is -0.991. The van der Waals surface area contributed by atoms with Crippen LogP contribution < -0.4 is 4.74 Å². The van der Waals surface area contributed by atoms with Gasteiger partial charge in [-0.2, -0.15) is 0 Å². The minimum Gasteiger partial charge on any atom is -0.482 e. The molecular weight excluding hydrogens is 330 g/mol. The van der Waals surface area contributed by atoms with Crippen molar-refractivity contribution in [3.63, 3.8) is 0 Å². The maximum atomic E-state index is 13.3. The molecule has 0 atom stereocenters. The number of amides is 1. The van der Waals surface area contributed by atoms with Crippen LogP contribution in [0.15, 0.2) is 24.3 Å². The fourth-order valence-electron chi connectivity index (χ4n) is 5.96. The predicted octanol–water partition coefficient (Wildman–Crippen LogP) is 3.32. The number of ether oxygens (including phenoxy) is 1. The highest BCUT2D eigenvalue weighted by molar-refractivity contribution is 5.83. The molecule has 26 heavy (non-hydrogen) atoms. The SMILES string of the molecule is CN(Cc1ccc(OCC(=O)O)cc1)C(=O)C12CC3CC(CC(C3)C1)C2. The summed E-state index contributed by atoms with van der Waals surface area (Å²) in [5.74, 6) is 2.17. The van der Waals surface area contributed by atoms with Crippen molar-refractivity contribution in [2.45, 2.75) is 45.1 Å². The van der Waals surface area contributed by atoms with Crippen LogP contribution in [-0.2, 0) is 16.1 Å². The number of hydrogen-bond acceptors (Lipinski definition) is 3. The summed E-state index contributed by atoms with van der Waals surface area (Å²) in [7, 11) is 1.91. The first-order chi connectivity index (χ1) is 12.4. The molecule has 1 aromatic rings. The van der Waals surface area contributed by atoms with Gasteiger partial charge in [0.25, 0.3) is 0 Å². The Morgan fingerprint density at radius 3 is 2.12 bits per heavy atom. The first-order valence-electron chi connectivity index (χ1n) is 9.63. The van der Waals surface area contributed by atoms with E-state index in [2.05, 4.69) is 0 Å². The lowest BCUT2D eigenvalue weighted by Gasteiger charge is -2.56. The molecule has 0 spiro atoms. The van der Waals surface area contributed by atoms with Crippen molar-refractivity contribution in [1.82, 2.24) is 4.90 Å². The van der Waals surface area contributed by atoms with Crippen molar-refractivity contribution in [3.8, 4) is 5.75 Å². The van der Waals surface area contributed by atoms with E-state index >= 15 is 0 Å². The van der Waals surface area contributed by atoms with Crippen LogP contribution in [0.3, 0.4) is 0 Å². The van der Waals surface area contributed by atoms with Crippen LogP contribution in [0.25, 0.3) is 0 Å². The molecule has 5 nitrogen and oxygen atoms in total. The number of benzene rings is 1. The van der Waals surface area contributed by atoms with Crippen LogP contribution in [0.5, 0.6) is 5.75 Å². The van der Waals surface area contributed by atoms with E-state index < -0.39 is 5.97 Å². The van der Waals surface area contributed by atoms with Gasteiger partial charge in [0, 0.05) is 13.6 Å². The maximum absolute atomic E-state index is 13.3. The van der Waals surface area contributed by atoms with Gasteiger partial charge in [0.05, 0.1) is 5.41 Å². The Bertz CT molecular complexity index is 661. The normalized spacial score (nSPS) is 31.7. The standard InChI is InChI=1S/C21H27NO4/c1-22(12-14-2-4-18(5-3-14)26-13-19(23)24)20(25)21-9-15-6-16(10-21)8-17(7-15)11-21/h2-5,15-17H,6-13H2,1H3,(H,23,24). The molecule has 0 radical (unpaired) electrons. The summed E-state index contributed by atoms with van der Waals surface area (Å²) in [5, 5.41) is 8.66. The summed E-state index contributed by atoms with van der Waals surface area (Å²) >= 11 is 0. The highest BCUT2D eigenvalue weighted by atomic mass is 16.5. The Morgan fingerprint density at radius 1 is 1.08 bits per heavy atom. The van der Waals surface area contributed by atoms with Gasteiger partial charge >= 0.3 is 5.97 Å². The zero-order chi connectivity index (χ0) is 18.3. The Labute approximate surface area is 154 Å². The number of carbonyl (C=O) groups is 2. The zero-order valence-corrected chi connectivity index (χ0v) is 15.3. The topological polar surface area (TPSA) is 66.8 Å². The molecule has 1 amide bonds. The van der Waals surface area contributed by atoms with Crippen molar-refractivity contribution in [2.24, 2.45) is 23.2 Å². The Morgan fingerprint density at radius 2 is 1.62 bits per heavy atom. The molecule has 5 rings (SSSR count). The summed E-state index contributed by atoms with van der Waals surface area (Å²) in [6.45, 7) is 0.240. The second-order valence-corrected chi connectivity index (χ2v) is 8.69. The average Bonchev–Trinajstić information content (AvgIpc) is 2.59. The average molecular weight is 357 g/mol. The maximum Gasteiger partial charge on any atom is 0.341 e. The largest absolute Gasteiger partial charge is 0.482 e. The van der Waals surface area contributed by atoms with Gasteiger partial charge in [-0.3, -0.25) is 4.79 Å². The summed E-state index contributed by atoms with van der Waals surface area (Å²) in [6.07, 6.45) is 7.29. The van der Waals surface area contributed by atoms with Crippen LogP contribution in [0, 0.1) is 23.2 Å². The molecular formula is C21H27NO4. The number of carbonyl (C=O) groups excluding carboxylic acids is 1. The van der Waals surface area contributed by atoms with E-state index in [-0.39, 0.29) is 12.0 Å². The monoisotopic (exact) mass is 357 g/mol. The fourth-order valence-corrected chi connectivity index (χ4v) is 5.96. The van der Waals surface area contributed by atoms with Crippen molar-refractivity contribution in [1.29, 1.82) is 0 Å². The van der Waals surface area contributed by atoms with Crippen molar-refractivity contribution < 1.29 is 19.4 Å². The van der Waals surface area contributed by atoms with Gasteiger partial charge in [0.2, 0.25) is 5.91 Å². The number of carboxylic acid groups (broad SMARTS) is 1. The van der Waals surface area contributed by atoms with Crippen LogP contribution in [-0.4, -0.2) is 35.5 Å². The third-order valence-electron chi connectivity index (χ3n) is 6.54. The molecule has 1 aromatic carbocycles. The van der Waals surface area contributed by atoms with E-state index in [1.165, 1.54) is 19.3 Å². The lowest BCUT2D eigenvalue weighted by molar-refractivity contribution is -0.156. The van der Waals surface area contributed by atoms with E-state index in [1.807, 2.05) is 24.1 Å². The van der Waals surface area contributed by atoms with Crippen LogP contribution in [0.4, 0.5) is 0 Å². The molecule has 0 saturated heterocycles. The summed E-state index contributed by atoms with van der Waals surface area (Å²) in [6, 6.07) is 7.34. The van der Waals surface area contributed by atoms with Gasteiger partial charge in [-0.1, -0.05) is 12.1 Å². The fraction of sp³-hybridized carbons (Fsp3) is 0.619. The molecule has 0 unspecified atom stereocenters. The Kier molecular flexibility index (Phi) is 4.41. The first-order valence-corrected chi connectivity index (χ1v) is 9.63. The van der Waals surface area contributed by atoms with Crippen LogP contribution in [0.1, 0.15) is 44.1 Å². The Hall–Kier alpha value is -2.04. The summed E-state index contributed by atoms with van der Waals surface area (Å²) in [4.78, 5) is 25.7. The summed E-state index contributed by atoms with van der Waals surface area (Å²) < 4.78 is 5.16. The van der Waals surface area contributed by atoms with Gasteiger partial charge in [-0.25, -0.2) is 4.79 Å². The van der Waals surface area contributed by atoms with Gasteiger partial charge in [0.15, 0.2) is 6.61 Å². The number of rotatable bonds is 6. The molecule has 0 aromatic heterocycles. The highest BCUT2D eigenvalue weighted by Crippen LogP contribution is 2.60. The Balaban J connectivity index is 1.39. The van der Waals surface area contributed by atoms with Crippen LogP contribution >= 0.6 is 0 Å². The van der Waals surface area contributed by atoms with E-state index in [4.69, 9.17) is 9.84 Å². The lowest BCUT2D eigenvalue weighted by Crippen LogP contribution is -2.53. The van der Waals surface area contributed by atoms with Crippen molar-refractivity contribution in [2.75, 3.05) is 13.7 Å². The molecule has 0 aliphatic heterocycles. The smallest absolute Gasteiger partial charge is 0.341 e. The minimum absolute atomic E-state index is 0.103. The van der Waals surface area contributed by atoms with Crippen molar-refractivity contribution >= 4 is 11.9 Å². The van der Waals surface area contributed by atoms with E-state index in [1.54, 1.807) is 12.1 Å². The number of hydrogen-bond donors (Lipinski definition) is 1. The molecule has 4 saturated carbocycles. The van der Waals surface area contributed by atoms with Gasteiger partial charge < -0.3 is 14.7 Å². The van der Waals surface area contributed by atoms with E-state index in [0.29, 0.717) is 18.2 Å². The predicted molar refractivity (Wildman–Crippen MR) is 96.7 cm³/mol. The zero-order valence-electron chi connectivity index (χ0n) is 15.3. The molecule has 4 bridgehead atoms. The second-order valence-electron chi connectivity index (χ2n) is 8.69. The molecule has 4 fully saturated rings. The van der Waals surface area contributed by atoms with Crippen LogP contribution in [0.2, 0.25) is 0 Å². The highest BCUT2D eigenvalue weighted by Gasteiger charge is 2.55. The third-order valence-corrected chi connectivity index (χ3v) is 6.54. The van der Waals surface area contributed by atoms with Crippen molar-refractivity contribution in [3.05, 3.63) is 29.8 Å². The second kappa shape index (κ2) is 6.60. The molecule has 4 aliphatic rings. The molecule has 0 heterocycles. The number of carboxylic acids is 1. The number of nitrogens with zero attached hydrogens (tertiary/aromatic N) is 1. The lowest BCUT2D eigenvalue weighted by atomic mass is 9.49. The van der Waals surface area contributed by atoms with Gasteiger partial charge in [-0.05, 0) is 74.0 Å². The number of aliphatic carboxylic acids is 1. The summed E-state index contributed by atoms with van der Waals surface area (Å²) in [5.41, 5.74) is 0.932. The van der Waals surface area contributed by atoms with E-state index in [0.717, 1.165) is 42.6 Å². The van der Waals surface area contributed by atoms with Gasteiger partial charge in [0.1, 0.15) is 5.75 Å². The first kappa shape index (κ1) is 17.4. The third kappa shape index (κ3) is 3.31. The van der Waals surface area contributed by atoms with Gasteiger partial charge in [-0.15, -0.1) is 0 Å². The van der Waals surface area contributed by atoms with E-state index in [9.17, 15) is 9.59 Å². The molecule has 5 heteroatoms. The quantitative estimate of drug-likeness (QED) is 0.848. The molecule has 4 aliphatic carbocycles.